The van der Waals surface area contributed by atoms with E-state index in [-0.39, 0.29) is 18.4 Å². The van der Waals surface area contributed by atoms with Gasteiger partial charge in [-0.25, -0.2) is 0 Å². The Kier molecular flexibility index (Phi) is 5.11. The van der Waals surface area contributed by atoms with Crippen LogP contribution in [0.1, 0.15) is 12.8 Å². The third-order valence-corrected chi connectivity index (χ3v) is 4.02. The number of amides is 1. The molecule has 1 saturated heterocycles. The molecule has 0 spiro atoms. The lowest BCUT2D eigenvalue weighted by molar-refractivity contribution is -0.134. The van der Waals surface area contributed by atoms with Crippen LogP contribution >= 0.6 is 23.2 Å². The summed E-state index contributed by atoms with van der Waals surface area (Å²) in [4.78, 5) is 13.7. The molecule has 1 aromatic rings. The summed E-state index contributed by atoms with van der Waals surface area (Å²) in [5, 5.41) is 9.66. The van der Waals surface area contributed by atoms with Crippen molar-refractivity contribution in [3.63, 3.8) is 0 Å². The molecule has 1 aromatic carbocycles. The van der Waals surface area contributed by atoms with Gasteiger partial charge in [-0.3, -0.25) is 4.79 Å². The minimum absolute atomic E-state index is 0.0326. The lowest BCUT2D eigenvalue weighted by Crippen LogP contribution is -2.40. The molecule has 4 nitrogen and oxygen atoms in total. The molecule has 0 unspecified atom stereocenters. The first-order valence-corrected chi connectivity index (χ1v) is 7.11. The number of hydrogen-bond acceptors (Lipinski definition) is 3. The number of hydrogen-bond donors (Lipinski definition) is 0. The number of nitriles is 1. The highest BCUT2D eigenvalue weighted by atomic mass is 35.5. The van der Waals surface area contributed by atoms with E-state index < -0.39 is 0 Å². The van der Waals surface area contributed by atoms with Crippen LogP contribution in [0.5, 0.6) is 5.75 Å². The van der Waals surface area contributed by atoms with Crippen LogP contribution in [0.4, 0.5) is 0 Å². The van der Waals surface area contributed by atoms with Crippen LogP contribution in [-0.4, -0.2) is 30.5 Å². The zero-order valence-electron chi connectivity index (χ0n) is 10.8. The van der Waals surface area contributed by atoms with E-state index in [2.05, 4.69) is 6.07 Å². The number of ether oxygens (including phenoxy) is 1. The highest BCUT2D eigenvalue weighted by Crippen LogP contribution is 2.26. The molecule has 106 valence electrons. The van der Waals surface area contributed by atoms with Gasteiger partial charge >= 0.3 is 0 Å². The summed E-state index contributed by atoms with van der Waals surface area (Å²) in [5.41, 5.74) is 0. The average molecular weight is 313 g/mol. The predicted octanol–water partition coefficient (Wildman–Crippen LogP) is 3.13. The lowest BCUT2D eigenvalue weighted by atomic mass is 9.99. The number of likely N-dealkylation sites (tertiary alicyclic amines) is 1. The SMILES string of the molecule is N#CC1CCN(C(=O)COc2ccc(Cl)c(Cl)c2)CC1. The monoisotopic (exact) mass is 312 g/mol. The molecular weight excluding hydrogens is 299 g/mol. The van der Waals surface area contributed by atoms with Gasteiger partial charge in [0.05, 0.1) is 16.1 Å². The molecule has 1 heterocycles. The molecule has 0 aromatic heterocycles. The third kappa shape index (κ3) is 3.78. The van der Waals surface area contributed by atoms with E-state index in [0.29, 0.717) is 28.9 Å². The van der Waals surface area contributed by atoms with Crippen LogP contribution in [0.2, 0.25) is 10.0 Å². The Bertz CT molecular complexity index is 534. The van der Waals surface area contributed by atoms with E-state index in [4.69, 9.17) is 33.2 Å². The molecular formula is C14H14Cl2N2O2. The van der Waals surface area contributed by atoms with Crippen LogP contribution in [0, 0.1) is 17.2 Å². The number of carbonyl (C=O) groups is 1. The minimum atomic E-state index is -0.0764. The van der Waals surface area contributed by atoms with E-state index in [1.165, 1.54) is 0 Å². The largest absolute Gasteiger partial charge is 0.484 e. The maximum atomic E-state index is 12.0. The van der Waals surface area contributed by atoms with Crippen LogP contribution in [0.15, 0.2) is 18.2 Å². The summed E-state index contributed by atoms with van der Waals surface area (Å²) >= 11 is 11.7. The van der Waals surface area contributed by atoms with Crippen molar-refractivity contribution in [2.75, 3.05) is 19.7 Å². The van der Waals surface area contributed by atoms with Gasteiger partial charge in [-0.05, 0) is 25.0 Å². The predicted molar refractivity (Wildman–Crippen MR) is 76.9 cm³/mol. The zero-order chi connectivity index (χ0) is 14.5. The minimum Gasteiger partial charge on any atom is -0.484 e. The molecule has 0 N–H and O–H groups in total. The van der Waals surface area contributed by atoms with E-state index in [1.54, 1.807) is 23.1 Å². The molecule has 1 aliphatic heterocycles. The fourth-order valence-corrected chi connectivity index (χ4v) is 2.35. The Balaban J connectivity index is 1.83. The van der Waals surface area contributed by atoms with Crippen LogP contribution in [0.25, 0.3) is 0 Å². The van der Waals surface area contributed by atoms with Gasteiger partial charge in [0.25, 0.3) is 5.91 Å². The molecule has 0 aliphatic carbocycles. The number of carbonyl (C=O) groups excluding carboxylic acids is 1. The van der Waals surface area contributed by atoms with Crippen molar-refractivity contribution in [1.82, 2.24) is 4.90 Å². The van der Waals surface area contributed by atoms with Gasteiger partial charge in [-0.1, -0.05) is 23.2 Å². The fourth-order valence-electron chi connectivity index (χ4n) is 2.06. The number of piperidine rings is 1. The number of nitrogens with zero attached hydrogens (tertiary/aromatic N) is 2. The highest BCUT2D eigenvalue weighted by molar-refractivity contribution is 6.42. The van der Waals surface area contributed by atoms with Gasteiger partial charge in [0.15, 0.2) is 6.61 Å². The van der Waals surface area contributed by atoms with Gasteiger partial charge < -0.3 is 9.64 Å². The maximum Gasteiger partial charge on any atom is 0.260 e. The maximum absolute atomic E-state index is 12.0. The number of benzene rings is 1. The van der Waals surface area contributed by atoms with Gasteiger partial charge in [0.1, 0.15) is 5.75 Å². The number of rotatable bonds is 3. The summed E-state index contributed by atoms with van der Waals surface area (Å²) in [6.45, 7) is 1.19. The standard InChI is InChI=1S/C14H14Cl2N2O2/c15-12-2-1-11(7-13(12)16)20-9-14(19)18-5-3-10(8-17)4-6-18/h1-2,7,10H,3-6,9H2. The van der Waals surface area contributed by atoms with Gasteiger partial charge in [-0.2, -0.15) is 5.26 Å². The molecule has 1 fully saturated rings. The van der Waals surface area contributed by atoms with Crippen LogP contribution in [0.3, 0.4) is 0 Å². The molecule has 2 rings (SSSR count). The molecule has 1 aliphatic rings. The van der Waals surface area contributed by atoms with Gasteiger partial charge in [-0.15, -0.1) is 0 Å². The highest BCUT2D eigenvalue weighted by Gasteiger charge is 2.22. The van der Waals surface area contributed by atoms with E-state index in [0.717, 1.165) is 12.8 Å². The first kappa shape index (κ1) is 15.0. The molecule has 0 saturated carbocycles. The lowest BCUT2D eigenvalue weighted by Gasteiger charge is -2.29. The Morgan fingerprint density at radius 1 is 1.35 bits per heavy atom. The van der Waals surface area contributed by atoms with Crippen molar-refractivity contribution in [2.24, 2.45) is 5.92 Å². The van der Waals surface area contributed by atoms with Crippen molar-refractivity contribution >= 4 is 29.1 Å². The molecule has 0 radical (unpaired) electrons. The van der Waals surface area contributed by atoms with E-state index >= 15 is 0 Å². The molecule has 6 heteroatoms. The summed E-state index contributed by atoms with van der Waals surface area (Å²) in [7, 11) is 0. The second kappa shape index (κ2) is 6.83. The first-order chi connectivity index (χ1) is 9.60. The normalized spacial score (nSPS) is 15.8. The van der Waals surface area contributed by atoms with Crippen molar-refractivity contribution in [3.05, 3.63) is 28.2 Å². The van der Waals surface area contributed by atoms with Gasteiger partial charge in [0.2, 0.25) is 0 Å². The Labute approximate surface area is 127 Å². The van der Waals surface area contributed by atoms with E-state index in [9.17, 15) is 4.79 Å². The molecule has 0 bridgehead atoms. The average Bonchev–Trinajstić information content (AvgIpc) is 2.48. The van der Waals surface area contributed by atoms with Crippen LogP contribution < -0.4 is 4.74 Å². The van der Waals surface area contributed by atoms with Crippen LogP contribution in [-0.2, 0) is 4.79 Å². The third-order valence-electron chi connectivity index (χ3n) is 3.28. The summed E-state index contributed by atoms with van der Waals surface area (Å²) in [5.74, 6) is 0.502. The second-order valence-corrected chi connectivity index (χ2v) is 5.46. The summed E-state index contributed by atoms with van der Waals surface area (Å²) < 4.78 is 5.41. The summed E-state index contributed by atoms with van der Waals surface area (Å²) in [6, 6.07) is 7.12. The number of halogens is 2. The Hall–Kier alpha value is -1.44. The van der Waals surface area contributed by atoms with Gasteiger partial charge in [0, 0.05) is 25.1 Å². The van der Waals surface area contributed by atoms with Crippen molar-refractivity contribution in [3.8, 4) is 11.8 Å². The Morgan fingerprint density at radius 2 is 2.05 bits per heavy atom. The van der Waals surface area contributed by atoms with E-state index in [1.807, 2.05) is 0 Å². The summed E-state index contributed by atoms with van der Waals surface area (Å²) in [6.07, 6.45) is 1.46. The molecule has 0 atom stereocenters. The Morgan fingerprint density at radius 3 is 2.65 bits per heavy atom. The van der Waals surface area contributed by atoms with Crippen molar-refractivity contribution < 1.29 is 9.53 Å². The van der Waals surface area contributed by atoms with Crippen molar-refractivity contribution in [2.45, 2.75) is 12.8 Å². The fraction of sp³-hybridized carbons (Fsp3) is 0.429. The molecule has 1 amide bonds. The topological polar surface area (TPSA) is 53.3 Å². The smallest absolute Gasteiger partial charge is 0.260 e. The zero-order valence-corrected chi connectivity index (χ0v) is 12.3. The molecule has 20 heavy (non-hydrogen) atoms. The second-order valence-electron chi connectivity index (χ2n) is 4.65. The van der Waals surface area contributed by atoms with Crippen molar-refractivity contribution in [1.29, 1.82) is 5.26 Å². The quantitative estimate of drug-likeness (QED) is 0.861. The first-order valence-electron chi connectivity index (χ1n) is 6.35.